The fraction of sp³-hybridized carbons (Fsp3) is 0.600. The van der Waals surface area contributed by atoms with Crippen LogP contribution in [0.25, 0.3) is 5.65 Å². The van der Waals surface area contributed by atoms with E-state index in [1.165, 1.54) is 24.1 Å². The lowest BCUT2D eigenvalue weighted by molar-refractivity contribution is 0.555. The number of rotatable bonds is 5. The third-order valence-electron chi connectivity index (χ3n) is 4.32. The summed E-state index contributed by atoms with van der Waals surface area (Å²) in [6.07, 6.45) is 6.87. The number of aromatic nitrogens is 3. The number of fused-ring (bicyclic) bond motifs is 1. The van der Waals surface area contributed by atoms with E-state index in [0.717, 1.165) is 17.9 Å². The van der Waals surface area contributed by atoms with Gasteiger partial charge in [0.15, 0.2) is 5.65 Å². The number of hydrogen-bond acceptors (Lipinski definition) is 4. The van der Waals surface area contributed by atoms with Crippen molar-refractivity contribution in [1.82, 2.24) is 19.9 Å². The van der Waals surface area contributed by atoms with Crippen LogP contribution in [0.4, 0.5) is 0 Å². The van der Waals surface area contributed by atoms with Crippen LogP contribution >= 0.6 is 11.8 Å². The molecule has 2 aromatic heterocycles. The van der Waals surface area contributed by atoms with Crippen LogP contribution in [-0.4, -0.2) is 32.1 Å². The summed E-state index contributed by atoms with van der Waals surface area (Å²) in [5.41, 5.74) is 4.35. The molecule has 1 aliphatic rings. The first-order valence-electron chi connectivity index (χ1n) is 7.15. The zero-order valence-electron chi connectivity index (χ0n) is 12.6. The van der Waals surface area contributed by atoms with Gasteiger partial charge in [-0.15, -0.1) is 0 Å². The van der Waals surface area contributed by atoms with Crippen molar-refractivity contribution in [3.63, 3.8) is 0 Å². The Labute approximate surface area is 124 Å². The Morgan fingerprint density at radius 1 is 1.45 bits per heavy atom. The first kappa shape index (κ1) is 13.9. The molecule has 20 heavy (non-hydrogen) atoms. The highest BCUT2D eigenvalue weighted by Gasteiger charge is 2.41. The van der Waals surface area contributed by atoms with Crippen molar-refractivity contribution in [2.24, 2.45) is 0 Å². The van der Waals surface area contributed by atoms with E-state index in [2.05, 4.69) is 35.5 Å². The predicted octanol–water partition coefficient (Wildman–Crippen LogP) is 2.89. The van der Waals surface area contributed by atoms with Gasteiger partial charge in [-0.05, 0) is 39.9 Å². The monoisotopic (exact) mass is 290 g/mol. The van der Waals surface area contributed by atoms with E-state index in [1.807, 2.05) is 35.5 Å². The minimum atomic E-state index is 0.307. The highest BCUT2D eigenvalue weighted by Crippen LogP contribution is 2.46. The number of nitrogens with one attached hydrogen (secondary N) is 1. The Bertz CT molecular complexity index is 630. The molecule has 1 fully saturated rings. The van der Waals surface area contributed by atoms with Gasteiger partial charge < -0.3 is 5.32 Å². The summed E-state index contributed by atoms with van der Waals surface area (Å²) in [6, 6.07) is 2.32. The van der Waals surface area contributed by atoms with Crippen LogP contribution in [0, 0.1) is 13.8 Å². The lowest BCUT2D eigenvalue weighted by atomic mass is 10.1. The van der Waals surface area contributed by atoms with E-state index in [4.69, 9.17) is 0 Å². The van der Waals surface area contributed by atoms with Gasteiger partial charge in [-0.25, -0.2) is 9.50 Å². The van der Waals surface area contributed by atoms with Gasteiger partial charge in [0.25, 0.3) is 0 Å². The van der Waals surface area contributed by atoms with Crippen molar-refractivity contribution >= 4 is 17.4 Å². The molecule has 0 radical (unpaired) electrons. The largest absolute Gasteiger partial charge is 0.309 e. The number of aryl methyl sites for hydroxylation is 2. The Balaban J connectivity index is 1.80. The lowest BCUT2D eigenvalue weighted by Gasteiger charge is -2.20. The van der Waals surface area contributed by atoms with Gasteiger partial charge in [0.05, 0.1) is 5.69 Å². The van der Waals surface area contributed by atoms with Crippen molar-refractivity contribution in [2.45, 2.75) is 44.4 Å². The lowest BCUT2D eigenvalue weighted by Crippen LogP contribution is -2.29. The quantitative estimate of drug-likeness (QED) is 0.919. The molecule has 2 aromatic rings. The zero-order valence-corrected chi connectivity index (χ0v) is 13.4. The van der Waals surface area contributed by atoms with E-state index in [-0.39, 0.29) is 0 Å². The van der Waals surface area contributed by atoms with Crippen LogP contribution in [0.2, 0.25) is 0 Å². The summed E-state index contributed by atoms with van der Waals surface area (Å²) in [6.45, 7) is 7.41. The maximum Gasteiger partial charge on any atom is 0.155 e. The summed E-state index contributed by atoms with van der Waals surface area (Å²) in [4.78, 5) is 4.52. The SMILES string of the molecule is CSC1(CNC(C)c2cnc3cc(C)nn3c2C)CC1. The molecule has 108 valence electrons. The fourth-order valence-electron chi connectivity index (χ4n) is 2.64. The van der Waals surface area contributed by atoms with Crippen molar-refractivity contribution in [3.05, 3.63) is 29.2 Å². The molecule has 0 amide bonds. The molecular weight excluding hydrogens is 268 g/mol. The van der Waals surface area contributed by atoms with Gasteiger partial charge in [-0.3, -0.25) is 0 Å². The third kappa shape index (κ3) is 2.44. The Morgan fingerprint density at radius 3 is 2.85 bits per heavy atom. The van der Waals surface area contributed by atoms with E-state index < -0.39 is 0 Å². The van der Waals surface area contributed by atoms with E-state index in [1.54, 1.807) is 0 Å². The van der Waals surface area contributed by atoms with Crippen molar-refractivity contribution in [1.29, 1.82) is 0 Å². The third-order valence-corrected chi connectivity index (χ3v) is 5.74. The number of thioether (sulfide) groups is 1. The Morgan fingerprint density at radius 2 is 2.20 bits per heavy atom. The van der Waals surface area contributed by atoms with Crippen LogP contribution in [0.15, 0.2) is 12.3 Å². The molecule has 1 saturated carbocycles. The Kier molecular flexibility index (Phi) is 3.50. The zero-order chi connectivity index (χ0) is 14.3. The first-order chi connectivity index (χ1) is 9.54. The topological polar surface area (TPSA) is 42.2 Å². The van der Waals surface area contributed by atoms with Crippen LogP contribution in [-0.2, 0) is 0 Å². The number of nitrogens with zero attached hydrogens (tertiary/aromatic N) is 3. The Hall–Kier alpha value is -1.07. The van der Waals surface area contributed by atoms with Gasteiger partial charge >= 0.3 is 0 Å². The highest BCUT2D eigenvalue weighted by molar-refractivity contribution is 8.00. The predicted molar refractivity (Wildman–Crippen MR) is 84.4 cm³/mol. The molecule has 4 nitrogen and oxygen atoms in total. The van der Waals surface area contributed by atoms with Gasteiger partial charge in [-0.2, -0.15) is 16.9 Å². The molecule has 1 aliphatic carbocycles. The molecule has 5 heteroatoms. The average Bonchev–Trinajstić information content (AvgIpc) is 3.11. The molecule has 0 bridgehead atoms. The molecule has 1 unspecified atom stereocenters. The highest BCUT2D eigenvalue weighted by atomic mass is 32.2. The van der Waals surface area contributed by atoms with Crippen LogP contribution in [0.5, 0.6) is 0 Å². The van der Waals surface area contributed by atoms with E-state index >= 15 is 0 Å². The van der Waals surface area contributed by atoms with Gasteiger partial charge in [0, 0.05) is 40.9 Å². The van der Waals surface area contributed by atoms with Gasteiger partial charge in [0.2, 0.25) is 0 Å². The van der Waals surface area contributed by atoms with Crippen molar-refractivity contribution in [2.75, 3.05) is 12.8 Å². The van der Waals surface area contributed by atoms with E-state index in [9.17, 15) is 0 Å². The van der Waals surface area contributed by atoms with Crippen molar-refractivity contribution < 1.29 is 0 Å². The van der Waals surface area contributed by atoms with Crippen LogP contribution < -0.4 is 5.32 Å². The van der Waals surface area contributed by atoms with Crippen LogP contribution in [0.1, 0.15) is 42.8 Å². The number of hydrogen-bond donors (Lipinski definition) is 1. The summed E-state index contributed by atoms with van der Waals surface area (Å²) >= 11 is 1.99. The summed E-state index contributed by atoms with van der Waals surface area (Å²) in [7, 11) is 0. The fourth-order valence-corrected chi connectivity index (χ4v) is 3.38. The second kappa shape index (κ2) is 5.04. The van der Waals surface area contributed by atoms with Crippen molar-refractivity contribution in [3.8, 4) is 0 Å². The second-order valence-electron chi connectivity index (χ2n) is 5.84. The molecular formula is C15H22N4S. The minimum Gasteiger partial charge on any atom is -0.309 e. The molecule has 0 aliphatic heterocycles. The molecule has 3 rings (SSSR count). The molecule has 0 spiro atoms. The maximum atomic E-state index is 4.52. The second-order valence-corrected chi connectivity index (χ2v) is 7.12. The molecule has 2 heterocycles. The molecule has 0 saturated heterocycles. The average molecular weight is 290 g/mol. The van der Waals surface area contributed by atoms with Gasteiger partial charge in [-0.1, -0.05) is 0 Å². The standard InChI is InChI=1S/C15H22N4S/c1-10-7-14-16-8-13(12(3)19(14)18-10)11(2)17-9-15(20-4)5-6-15/h7-8,11,17H,5-6,9H2,1-4H3. The summed E-state index contributed by atoms with van der Waals surface area (Å²) < 4.78 is 2.44. The molecule has 1 atom stereocenters. The maximum absolute atomic E-state index is 4.52. The molecule has 1 N–H and O–H groups in total. The minimum absolute atomic E-state index is 0.307. The first-order valence-corrected chi connectivity index (χ1v) is 8.37. The smallest absolute Gasteiger partial charge is 0.155 e. The van der Waals surface area contributed by atoms with E-state index in [0.29, 0.717) is 10.8 Å². The van der Waals surface area contributed by atoms with Crippen LogP contribution in [0.3, 0.4) is 0 Å². The normalized spacial score (nSPS) is 18.4. The van der Waals surface area contributed by atoms with Gasteiger partial charge in [0.1, 0.15) is 0 Å². The summed E-state index contributed by atoms with van der Waals surface area (Å²) in [5.74, 6) is 0. The molecule has 0 aromatic carbocycles. The summed E-state index contributed by atoms with van der Waals surface area (Å²) in [5, 5.41) is 8.18.